The van der Waals surface area contributed by atoms with Crippen LogP contribution in [0.5, 0.6) is 0 Å². The third-order valence-corrected chi connectivity index (χ3v) is 6.36. The summed E-state index contributed by atoms with van der Waals surface area (Å²) in [5, 5.41) is 3.83. The van der Waals surface area contributed by atoms with Gasteiger partial charge in [0.25, 0.3) is 15.6 Å². The standard InChI is InChI=1S/C19H17Cl2N3O3S/c1-3-13-6-4-5-12(2)18(13)23-28(26,27)15-9-7-14(8-10-15)24-19(25)17(21)16(20)11-22-24/h4-11,23H,3H2,1-2H3. The Morgan fingerprint density at radius 1 is 1.11 bits per heavy atom. The molecular weight excluding hydrogens is 421 g/mol. The smallest absolute Gasteiger partial charge is 0.279 e. The summed E-state index contributed by atoms with van der Waals surface area (Å²) in [6, 6.07) is 11.4. The molecular formula is C19H17Cl2N3O3S. The second-order valence-corrected chi connectivity index (χ2v) is 8.55. The van der Waals surface area contributed by atoms with Gasteiger partial charge in [-0.15, -0.1) is 0 Å². The molecule has 0 spiro atoms. The SMILES string of the molecule is CCc1cccc(C)c1NS(=O)(=O)c1ccc(-n2ncc(Cl)c(Cl)c2=O)cc1. The number of sulfonamides is 1. The third kappa shape index (κ3) is 3.92. The summed E-state index contributed by atoms with van der Waals surface area (Å²) < 4.78 is 29.3. The fourth-order valence-electron chi connectivity index (χ4n) is 2.73. The van der Waals surface area contributed by atoms with E-state index in [0.29, 0.717) is 17.8 Å². The van der Waals surface area contributed by atoms with Crippen molar-refractivity contribution in [1.82, 2.24) is 9.78 Å². The Balaban J connectivity index is 1.96. The highest BCUT2D eigenvalue weighted by molar-refractivity contribution is 7.92. The molecule has 1 N–H and O–H groups in total. The maximum Gasteiger partial charge on any atom is 0.291 e. The minimum atomic E-state index is -3.80. The molecule has 1 aromatic heterocycles. The minimum Gasteiger partial charge on any atom is -0.279 e. The lowest BCUT2D eigenvalue weighted by Crippen LogP contribution is -2.21. The first-order valence-electron chi connectivity index (χ1n) is 8.39. The van der Waals surface area contributed by atoms with E-state index in [1.54, 1.807) is 0 Å². The molecule has 0 fully saturated rings. The predicted octanol–water partition coefficient (Wildman–Crippen LogP) is 4.21. The van der Waals surface area contributed by atoms with Crippen molar-refractivity contribution in [3.05, 3.63) is 80.2 Å². The molecule has 0 radical (unpaired) electrons. The summed E-state index contributed by atoms with van der Waals surface area (Å²) in [6.07, 6.45) is 1.95. The Morgan fingerprint density at radius 3 is 2.43 bits per heavy atom. The quantitative estimate of drug-likeness (QED) is 0.647. The van der Waals surface area contributed by atoms with Gasteiger partial charge in [0.15, 0.2) is 0 Å². The van der Waals surface area contributed by atoms with E-state index in [9.17, 15) is 13.2 Å². The van der Waals surface area contributed by atoms with E-state index in [1.165, 1.54) is 30.5 Å². The molecule has 0 saturated heterocycles. The zero-order chi connectivity index (χ0) is 20.5. The Labute approximate surface area is 172 Å². The molecule has 6 nitrogen and oxygen atoms in total. The summed E-state index contributed by atoms with van der Waals surface area (Å²) >= 11 is 11.6. The van der Waals surface area contributed by atoms with Crippen molar-refractivity contribution in [3.8, 4) is 5.69 Å². The fraction of sp³-hybridized carbons (Fsp3) is 0.158. The van der Waals surface area contributed by atoms with E-state index in [0.717, 1.165) is 15.8 Å². The van der Waals surface area contributed by atoms with Gasteiger partial charge in [0.05, 0.1) is 27.5 Å². The molecule has 0 amide bonds. The molecule has 0 aliphatic heterocycles. The van der Waals surface area contributed by atoms with E-state index in [1.807, 2.05) is 32.0 Å². The van der Waals surface area contributed by atoms with Crippen LogP contribution in [0.1, 0.15) is 18.1 Å². The predicted molar refractivity (Wildman–Crippen MR) is 111 cm³/mol. The molecule has 146 valence electrons. The van der Waals surface area contributed by atoms with Crippen LogP contribution in [0, 0.1) is 6.92 Å². The van der Waals surface area contributed by atoms with E-state index in [4.69, 9.17) is 23.2 Å². The highest BCUT2D eigenvalue weighted by atomic mass is 35.5. The van der Waals surface area contributed by atoms with Crippen molar-refractivity contribution in [3.63, 3.8) is 0 Å². The molecule has 0 bridgehead atoms. The number of hydrogen-bond donors (Lipinski definition) is 1. The summed E-state index contributed by atoms with van der Waals surface area (Å²) in [7, 11) is -3.80. The van der Waals surface area contributed by atoms with Crippen LogP contribution < -0.4 is 10.3 Å². The van der Waals surface area contributed by atoms with E-state index in [-0.39, 0.29) is 14.9 Å². The molecule has 2 aromatic carbocycles. The van der Waals surface area contributed by atoms with Gasteiger partial charge in [-0.05, 0) is 48.7 Å². The summed E-state index contributed by atoms with van der Waals surface area (Å²) in [4.78, 5) is 12.2. The molecule has 3 aromatic rings. The van der Waals surface area contributed by atoms with E-state index >= 15 is 0 Å². The average molecular weight is 438 g/mol. The number of aryl methyl sites for hydroxylation is 2. The summed E-state index contributed by atoms with van der Waals surface area (Å²) in [5.41, 5.74) is 2.11. The van der Waals surface area contributed by atoms with Gasteiger partial charge in [0.2, 0.25) is 0 Å². The first-order chi connectivity index (χ1) is 13.2. The van der Waals surface area contributed by atoms with Crippen molar-refractivity contribution in [1.29, 1.82) is 0 Å². The second kappa shape index (κ2) is 7.95. The van der Waals surface area contributed by atoms with E-state index in [2.05, 4.69) is 9.82 Å². The normalized spacial score (nSPS) is 11.4. The number of nitrogens with one attached hydrogen (secondary N) is 1. The topological polar surface area (TPSA) is 81.1 Å². The summed E-state index contributed by atoms with van der Waals surface area (Å²) in [5.74, 6) is 0. The lowest BCUT2D eigenvalue weighted by molar-refractivity contribution is 0.601. The molecule has 0 aliphatic rings. The fourth-order valence-corrected chi connectivity index (χ4v) is 4.15. The lowest BCUT2D eigenvalue weighted by Gasteiger charge is -2.14. The number of aromatic nitrogens is 2. The molecule has 3 rings (SSSR count). The zero-order valence-corrected chi connectivity index (χ0v) is 17.4. The Hall–Kier alpha value is -2.35. The summed E-state index contributed by atoms with van der Waals surface area (Å²) in [6.45, 7) is 3.81. The first-order valence-corrected chi connectivity index (χ1v) is 10.6. The molecule has 0 aliphatic carbocycles. The van der Waals surface area contributed by atoms with Crippen LogP contribution in [0.2, 0.25) is 10.0 Å². The molecule has 28 heavy (non-hydrogen) atoms. The number of anilines is 1. The van der Waals surface area contributed by atoms with Crippen LogP contribution >= 0.6 is 23.2 Å². The lowest BCUT2D eigenvalue weighted by atomic mass is 10.1. The van der Waals surface area contributed by atoms with Crippen molar-refractivity contribution < 1.29 is 8.42 Å². The molecule has 0 atom stereocenters. The minimum absolute atomic E-state index is 0.0521. The third-order valence-electron chi connectivity index (χ3n) is 4.24. The van der Waals surface area contributed by atoms with Gasteiger partial charge >= 0.3 is 0 Å². The van der Waals surface area contributed by atoms with Crippen LogP contribution in [0.4, 0.5) is 5.69 Å². The van der Waals surface area contributed by atoms with Gasteiger partial charge in [-0.2, -0.15) is 9.78 Å². The van der Waals surface area contributed by atoms with E-state index < -0.39 is 15.6 Å². The van der Waals surface area contributed by atoms with Gasteiger partial charge in [-0.25, -0.2) is 8.42 Å². The Morgan fingerprint density at radius 2 is 1.79 bits per heavy atom. The monoisotopic (exact) mass is 437 g/mol. The van der Waals surface area contributed by atoms with Crippen LogP contribution in [0.3, 0.4) is 0 Å². The first kappa shape index (κ1) is 20.4. The molecule has 0 unspecified atom stereocenters. The van der Waals surface area contributed by atoms with Crippen molar-refractivity contribution in [2.75, 3.05) is 4.72 Å². The van der Waals surface area contributed by atoms with Crippen LogP contribution in [-0.2, 0) is 16.4 Å². The van der Waals surface area contributed by atoms with Gasteiger partial charge in [-0.3, -0.25) is 9.52 Å². The number of nitrogens with zero attached hydrogens (tertiary/aromatic N) is 2. The zero-order valence-electron chi connectivity index (χ0n) is 15.1. The molecule has 9 heteroatoms. The van der Waals surface area contributed by atoms with Crippen LogP contribution in [0.25, 0.3) is 5.69 Å². The Kier molecular flexibility index (Phi) is 5.79. The number of rotatable bonds is 5. The van der Waals surface area contributed by atoms with Crippen molar-refractivity contribution in [2.45, 2.75) is 25.2 Å². The largest absolute Gasteiger partial charge is 0.291 e. The highest BCUT2D eigenvalue weighted by Crippen LogP contribution is 2.25. The van der Waals surface area contributed by atoms with Crippen molar-refractivity contribution >= 4 is 38.9 Å². The number of hydrogen-bond acceptors (Lipinski definition) is 4. The molecule has 0 saturated carbocycles. The highest BCUT2D eigenvalue weighted by Gasteiger charge is 2.18. The number of halogens is 2. The maximum absolute atomic E-state index is 12.8. The second-order valence-electron chi connectivity index (χ2n) is 6.09. The van der Waals surface area contributed by atoms with Gasteiger partial charge in [0.1, 0.15) is 5.02 Å². The average Bonchev–Trinajstić information content (AvgIpc) is 2.68. The Bertz CT molecular complexity index is 1190. The number of para-hydroxylation sites is 1. The van der Waals surface area contributed by atoms with Gasteiger partial charge < -0.3 is 0 Å². The van der Waals surface area contributed by atoms with Crippen LogP contribution in [0.15, 0.2) is 58.4 Å². The molecule has 1 heterocycles. The van der Waals surface area contributed by atoms with Gasteiger partial charge in [0, 0.05) is 0 Å². The van der Waals surface area contributed by atoms with Crippen LogP contribution in [-0.4, -0.2) is 18.2 Å². The van der Waals surface area contributed by atoms with Crippen molar-refractivity contribution in [2.24, 2.45) is 0 Å². The maximum atomic E-state index is 12.8. The number of benzene rings is 2. The van der Waals surface area contributed by atoms with Gasteiger partial charge in [-0.1, -0.05) is 48.3 Å².